The second-order valence-corrected chi connectivity index (χ2v) is 7.50. The predicted molar refractivity (Wildman–Crippen MR) is 109 cm³/mol. The summed E-state index contributed by atoms with van der Waals surface area (Å²) in [7, 11) is 0. The number of amides is 3. The second kappa shape index (κ2) is 8.87. The van der Waals surface area contributed by atoms with Crippen LogP contribution >= 0.6 is 0 Å². The molecule has 2 N–H and O–H groups in total. The van der Waals surface area contributed by atoms with Crippen LogP contribution in [0.5, 0.6) is 0 Å². The van der Waals surface area contributed by atoms with Gasteiger partial charge in [0.15, 0.2) is 5.82 Å². The van der Waals surface area contributed by atoms with Gasteiger partial charge in [0.2, 0.25) is 0 Å². The van der Waals surface area contributed by atoms with Gasteiger partial charge in [-0.25, -0.2) is 19.6 Å². The van der Waals surface area contributed by atoms with Crippen molar-refractivity contribution in [1.82, 2.24) is 14.9 Å². The van der Waals surface area contributed by atoms with Crippen LogP contribution in [0, 0.1) is 0 Å². The summed E-state index contributed by atoms with van der Waals surface area (Å²) >= 11 is 0. The minimum atomic E-state index is -0.604. The van der Waals surface area contributed by atoms with Crippen molar-refractivity contribution in [3.8, 4) is 11.4 Å². The molecule has 154 valence electrons. The molecule has 2 heterocycles. The Morgan fingerprint density at radius 1 is 1.14 bits per heavy atom. The molecule has 0 aliphatic carbocycles. The summed E-state index contributed by atoms with van der Waals surface area (Å²) in [4.78, 5) is 34.6. The molecule has 1 aliphatic rings. The molecule has 2 aromatic rings. The Bertz CT molecular complexity index is 875. The second-order valence-electron chi connectivity index (χ2n) is 7.50. The number of benzene rings is 1. The summed E-state index contributed by atoms with van der Waals surface area (Å²) in [5.74, 6) is 0.744. The molecule has 0 unspecified atom stereocenters. The molecule has 0 bridgehead atoms. The largest absolute Gasteiger partial charge is 0.444 e. The molecule has 1 aliphatic heterocycles. The highest BCUT2D eigenvalue weighted by molar-refractivity contribution is 5.90. The van der Waals surface area contributed by atoms with Gasteiger partial charge in [-0.05, 0) is 39.0 Å². The zero-order valence-corrected chi connectivity index (χ0v) is 16.8. The highest BCUT2D eigenvalue weighted by Crippen LogP contribution is 2.21. The quantitative estimate of drug-likeness (QED) is 0.820. The first-order valence-electron chi connectivity index (χ1n) is 9.37. The van der Waals surface area contributed by atoms with Crippen LogP contribution < -0.4 is 10.6 Å². The van der Waals surface area contributed by atoms with Crippen LogP contribution in [0.3, 0.4) is 0 Å². The van der Waals surface area contributed by atoms with Crippen molar-refractivity contribution < 1.29 is 19.1 Å². The van der Waals surface area contributed by atoms with Gasteiger partial charge in [0.1, 0.15) is 11.4 Å². The maximum Gasteiger partial charge on any atom is 0.413 e. The molecule has 29 heavy (non-hydrogen) atoms. The van der Waals surface area contributed by atoms with Crippen LogP contribution in [0.15, 0.2) is 36.5 Å². The first-order valence-corrected chi connectivity index (χ1v) is 9.37. The van der Waals surface area contributed by atoms with Crippen LogP contribution in [0.4, 0.5) is 21.1 Å². The Labute approximate surface area is 169 Å². The van der Waals surface area contributed by atoms with Gasteiger partial charge in [-0.1, -0.05) is 12.1 Å². The van der Waals surface area contributed by atoms with Gasteiger partial charge in [-0.3, -0.25) is 5.32 Å². The number of morpholine rings is 1. The number of rotatable bonds is 3. The Morgan fingerprint density at radius 2 is 1.90 bits per heavy atom. The van der Waals surface area contributed by atoms with Crippen molar-refractivity contribution >= 4 is 23.6 Å². The van der Waals surface area contributed by atoms with Crippen molar-refractivity contribution in [3.63, 3.8) is 0 Å². The molecular formula is C20H25N5O4. The standard InChI is InChI=1S/C20H25N5O4/c1-20(2,3)29-19(27)24-16-7-8-21-17(23-16)14-5-4-6-15(13-14)22-18(26)25-9-11-28-12-10-25/h4-8,13H,9-12H2,1-3H3,(H,22,26)(H,21,23,24,27). The SMILES string of the molecule is CC(C)(C)OC(=O)Nc1ccnc(-c2cccc(NC(=O)N3CCOCC3)c2)n1. The van der Waals surface area contributed by atoms with E-state index >= 15 is 0 Å². The summed E-state index contributed by atoms with van der Waals surface area (Å²) in [5, 5.41) is 5.48. The monoisotopic (exact) mass is 399 g/mol. The predicted octanol–water partition coefficient (Wildman–Crippen LogP) is 3.35. The van der Waals surface area contributed by atoms with E-state index in [0.717, 1.165) is 0 Å². The molecule has 0 radical (unpaired) electrons. The maximum absolute atomic E-state index is 12.4. The third kappa shape index (κ3) is 6.15. The molecule has 1 aromatic carbocycles. The van der Waals surface area contributed by atoms with E-state index in [9.17, 15) is 9.59 Å². The van der Waals surface area contributed by atoms with E-state index in [0.29, 0.717) is 49.2 Å². The smallest absolute Gasteiger partial charge is 0.413 e. The van der Waals surface area contributed by atoms with Gasteiger partial charge in [0.05, 0.1) is 13.2 Å². The molecule has 3 amide bonds. The Hall–Kier alpha value is -3.20. The van der Waals surface area contributed by atoms with Gasteiger partial charge in [-0.15, -0.1) is 0 Å². The summed E-state index contributed by atoms with van der Waals surface area (Å²) in [6.45, 7) is 7.57. The zero-order chi connectivity index (χ0) is 20.9. The van der Waals surface area contributed by atoms with Gasteiger partial charge in [0, 0.05) is 30.5 Å². The van der Waals surface area contributed by atoms with E-state index in [4.69, 9.17) is 9.47 Å². The first kappa shape index (κ1) is 20.5. The van der Waals surface area contributed by atoms with Gasteiger partial charge in [-0.2, -0.15) is 0 Å². The Morgan fingerprint density at radius 3 is 2.62 bits per heavy atom. The molecule has 9 nitrogen and oxygen atoms in total. The minimum absolute atomic E-state index is 0.174. The van der Waals surface area contributed by atoms with Crippen molar-refractivity contribution in [2.24, 2.45) is 0 Å². The molecule has 9 heteroatoms. The molecule has 0 spiro atoms. The highest BCUT2D eigenvalue weighted by Gasteiger charge is 2.18. The van der Waals surface area contributed by atoms with Crippen LogP contribution in [0.25, 0.3) is 11.4 Å². The number of carbonyl (C=O) groups is 2. The fraction of sp³-hybridized carbons (Fsp3) is 0.400. The van der Waals surface area contributed by atoms with Gasteiger partial charge < -0.3 is 19.7 Å². The summed E-state index contributed by atoms with van der Waals surface area (Å²) < 4.78 is 10.5. The topological polar surface area (TPSA) is 106 Å². The lowest BCUT2D eigenvalue weighted by Crippen LogP contribution is -2.43. The number of hydrogen-bond acceptors (Lipinski definition) is 6. The third-order valence-electron chi connectivity index (χ3n) is 3.95. The van der Waals surface area contributed by atoms with Crippen molar-refractivity contribution in [3.05, 3.63) is 36.5 Å². The van der Waals surface area contributed by atoms with E-state index in [1.54, 1.807) is 50.1 Å². The highest BCUT2D eigenvalue weighted by atomic mass is 16.6. The lowest BCUT2D eigenvalue weighted by atomic mass is 10.2. The normalized spacial score (nSPS) is 14.2. The zero-order valence-electron chi connectivity index (χ0n) is 16.8. The van der Waals surface area contributed by atoms with Crippen LogP contribution in [-0.2, 0) is 9.47 Å². The fourth-order valence-corrected chi connectivity index (χ4v) is 2.68. The minimum Gasteiger partial charge on any atom is -0.444 e. The average molecular weight is 399 g/mol. The number of carbonyl (C=O) groups excluding carboxylic acids is 2. The Balaban J connectivity index is 1.70. The number of hydrogen-bond donors (Lipinski definition) is 2. The number of urea groups is 1. The lowest BCUT2D eigenvalue weighted by molar-refractivity contribution is 0.0564. The van der Waals surface area contributed by atoms with Crippen molar-refractivity contribution in [2.75, 3.05) is 36.9 Å². The molecule has 1 saturated heterocycles. The van der Waals surface area contributed by atoms with Crippen LogP contribution in [-0.4, -0.2) is 58.9 Å². The van der Waals surface area contributed by atoms with Gasteiger partial charge in [0.25, 0.3) is 0 Å². The number of anilines is 2. The van der Waals surface area contributed by atoms with Crippen molar-refractivity contribution in [1.29, 1.82) is 0 Å². The maximum atomic E-state index is 12.4. The summed E-state index contributed by atoms with van der Waals surface area (Å²) in [5.41, 5.74) is 0.734. The molecule has 3 rings (SSSR count). The number of ether oxygens (including phenoxy) is 2. The number of nitrogens with one attached hydrogen (secondary N) is 2. The molecule has 1 aromatic heterocycles. The van der Waals surface area contributed by atoms with Gasteiger partial charge >= 0.3 is 12.1 Å². The molecular weight excluding hydrogens is 374 g/mol. The van der Waals surface area contributed by atoms with Crippen molar-refractivity contribution in [2.45, 2.75) is 26.4 Å². The average Bonchev–Trinajstić information content (AvgIpc) is 2.67. The summed E-state index contributed by atoms with van der Waals surface area (Å²) in [6.07, 6.45) is 0.960. The van der Waals surface area contributed by atoms with E-state index in [-0.39, 0.29) is 6.03 Å². The Kier molecular flexibility index (Phi) is 6.28. The van der Waals surface area contributed by atoms with E-state index in [1.807, 2.05) is 12.1 Å². The van der Waals surface area contributed by atoms with E-state index < -0.39 is 11.7 Å². The van der Waals surface area contributed by atoms with E-state index in [1.165, 1.54) is 0 Å². The molecule has 1 fully saturated rings. The lowest BCUT2D eigenvalue weighted by Gasteiger charge is -2.27. The first-order chi connectivity index (χ1) is 13.8. The summed E-state index contributed by atoms with van der Waals surface area (Å²) in [6, 6.07) is 8.62. The third-order valence-corrected chi connectivity index (χ3v) is 3.95. The molecule has 0 atom stereocenters. The fourth-order valence-electron chi connectivity index (χ4n) is 2.68. The molecule has 0 saturated carbocycles. The van der Waals surface area contributed by atoms with E-state index in [2.05, 4.69) is 20.6 Å². The van der Waals surface area contributed by atoms with Crippen LogP contribution in [0.1, 0.15) is 20.8 Å². The number of nitrogens with zero attached hydrogens (tertiary/aromatic N) is 3. The van der Waals surface area contributed by atoms with Crippen LogP contribution in [0.2, 0.25) is 0 Å². The number of aromatic nitrogens is 2.